The number of rotatable bonds is 7. The van der Waals surface area contributed by atoms with Crippen molar-refractivity contribution in [2.24, 2.45) is 11.8 Å². The van der Waals surface area contributed by atoms with Crippen LogP contribution in [0.3, 0.4) is 0 Å². The quantitative estimate of drug-likeness (QED) is 0.271. The summed E-state index contributed by atoms with van der Waals surface area (Å²) in [7, 11) is 0. The van der Waals surface area contributed by atoms with Gasteiger partial charge in [0.05, 0.1) is 5.92 Å². The lowest BCUT2D eigenvalue weighted by Gasteiger charge is -2.31. The van der Waals surface area contributed by atoms with Crippen LogP contribution >= 0.6 is 0 Å². The molecule has 3 rings (SSSR count). The predicted octanol–water partition coefficient (Wildman–Crippen LogP) is 6.95. The highest BCUT2D eigenvalue weighted by atomic mass is 19.1. The minimum absolute atomic E-state index is 0.00682. The highest BCUT2D eigenvalue weighted by molar-refractivity contribution is 5.72. The van der Waals surface area contributed by atoms with Crippen LogP contribution in [0.15, 0.2) is 48.3 Å². The van der Waals surface area contributed by atoms with E-state index in [2.05, 4.69) is 31.2 Å². The van der Waals surface area contributed by atoms with Crippen LogP contribution in [0.4, 0.5) is 4.39 Å². The third-order valence-electron chi connectivity index (χ3n) is 6.78. The van der Waals surface area contributed by atoms with E-state index in [4.69, 9.17) is 10.00 Å². The monoisotopic (exact) mass is 423 g/mol. The van der Waals surface area contributed by atoms with Gasteiger partial charge in [0.1, 0.15) is 12.2 Å². The van der Waals surface area contributed by atoms with Crippen molar-refractivity contribution in [2.75, 3.05) is 0 Å². The Balaban J connectivity index is 1.39. The SMILES string of the molecule is CCCc1ccc(C2CCC(C(=O)OC3CCC(C=CC=C(F)C#N)CC3)CC2)cc1. The van der Waals surface area contributed by atoms with E-state index < -0.39 is 5.83 Å². The van der Waals surface area contributed by atoms with Crippen LogP contribution < -0.4 is 0 Å². The van der Waals surface area contributed by atoms with Crippen molar-refractivity contribution in [1.82, 2.24) is 0 Å². The summed E-state index contributed by atoms with van der Waals surface area (Å²) in [5.41, 5.74) is 2.81. The Labute approximate surface area is 186 Å². The normalized spacial score (nSPS) is 27.1. The summed E-state index contributed by atoms with van der Waals surface area (Å²) in [6.45, 7) is 2.20. The van der Waals surface area contributed by atoms with E-state index in [1.165, 1.54) is 29.7 Å². The summed E-state index contributed by atoms with van der Waals surface area (Å²) in [6, 6.07) is 10.5. The van der Waals surface area contributed by atoms with Gasteiger partial charge in [0, 0.05) is 0 Å². The number of nitriles is 1. The average Bonchev–Trinajstić information content (AvgIpc) is 2.81. The lowest BCUT2D eigenvalue weighted by molar-refractivity contribution is -0.157. The molecule has 0 bridgehead atoms. The van der Waals surface area contributed by atoms with Crippen LogP contribution in [0.1, 0.15) is 81.8 Å². The predicted molar refractivity (Wildman–Crippen MR) is 121 cm³/mol. The molecule has 4 heteroatoms. The van der Waals surface area contributed by atoms with Crippen molar-refractivity contribution in [2.45, 2.75) is 83.2 Å². The second kappa shape index (κ2) is 11.8. The maximum Gasteiger partial charge on any atom is 0.309 e. The number of halogens is 1. The third-order valence-corrected chi connectivity index (χ3v) is 6.78. The lowest BCUT2D eigenvalue weighted by atomic mass is 9.78. The van der Waals surface area contributed by atoms with Crippen molar-refractivity contribution < 1.29 is 13.9 Å². The van der Waals surface area contributed by atoms with E-state index >= 15 is 0 Å². The topological polar surface area (TPSA) is 50.1 Å². The highest BCUT2D eigenvalue weighted by Gasteiger charge is 2.30. The summed E-state index contributed by atoms with van der Waals surface area (Å²) < 4.78 is 18.7. The largest absolute Gasteiger partial charge is 0.462 e. The van der Waals surface area contributed by atoms with Crippen molar-refractivity contribution in [1.29, 1.82) is 5.26 Å². The first-order valence-corrected chi connectivity index (χ1v) is 11.8. The average molecular weight is 424 g/mol. The van der Waals surface area contributed by atoms with Gasteiger partial charge in [0.15, 0.2) is 5.83 Å². The number of hydrogen-bond donors (Lipinski definition) is 0. The molecule has 0 heterocycles. The summed E-state index contributed by atoms with van der Waals surface area (Å²) in [4.78, 5) is 12.7. The van der Waals surface area contributed by atoms with Gasteiger partial charge in [0.25, 0.3) is 0 Å². The summed E-state index contributed by atoms with van der Waals surface area (Å²) in [6.07, 6.45) is 14.6. The zero-order valence-corrected chi connectivity index (χ0v) is 18.6. The molecule has 31 heavy (non-hydrogen) atoms. The minimum atomic E-state index is -0.776. The summed E-state index contributed by atoms with van der Waals surface area (Å²) in [5.74, 6) is 0.155. The number of benzene rings is 1. The number of allylic oxidation sites excluding steroid dienone is 4. The van der Waals surface area contributed by atoms with E-state index in [1.807, 2.05) is 6.08 Å². The molecule has 0 N–H and O–H groups in total. The molecule has 0 amide bonds. The molecular weight excluding hydrogens is 389 g/mol. The van der Waals surface area contributed by atoms with Gasteiger partial charge in [-0.3, -0.25) is 4.79 Å². The molecule has 0 aliphatic heterocycles. The van der Waals surface area contributed by atoms with Crippen molar-refractivity contribution >= 4 is 5.97 Å². The number of esters is 1. The highest BCUT2D eigenvalue weighted by Crippen LogP contribution is 2.37. The number of ether oxygens (including phenoxy) is 1. The molecule has 166 valence electrons. The zero-order valence-electron chi connectivity index (χ0n) is 18.6. The molecule has 0 saturated heterocycles. The van der Waals surface area contributed by atoms with Gasteiger partial charge in [0.2, 0.25) is 0 Å². The maximum atomic E-state index is 12.8. The van der Waals surface area contributed by atoms with Crippen LogP contribution in [0.25, 0.3) is 0 Å². The van der Waals surface area contributed by atoms with Crippen LogP contribution in [-0.4, -0.2) is 12.1 Å². The number of nitrogens with zero attached hydrogens (tertiary/aromatic N) is 1. The number of hydrogen-bond acceptors (Lipinski definition) is 3. The van der Waals surface area contributed by atoms with Crippen LogP contribution in [0.5, 0.6) is 0 Å². The van der Waals surface area contributed by atoms with Gasteiger partial charge >= 0.3 is 5.97 Å². The lowest BCUT2D eigenvalue weighted by Crippen LogP contribution is -2.29. The van der Waals surface area contributed by atoms with Crippen molar-refractivity contribution in [3.8, 4) is 6.07 Å². The van der Waals surface area contributed by atoms with Gasteiger partial charge in [-0.15, -0.1) is 0 Å². The van der Waals surface area contributed by atoms with Crippen LogP contribution in [0.2, 0.25) is 0 Å². The molecule has 2 aliphatic carbocycles. The molecule has 0 aromatic heterocycles. The van der Waals surface area contributed by atoms with E-state index in [0.29, 0.717) is 11.8 Å². The summed E-state index contributed by atoms with van der Waals surface area (Å²) in [5, 5.41) is 8.42. The Kier molecular flexibility index (Phi) is 8.88. The van der Waals surface area contributed by atoms with Crippen LogP contribution in [-0.2, 0) is 16.0 Å². The fourth-order valence-electron chi connectivity index (χ4n) is 4.90. The molecule has 0 unspecified atom stereocenters. The molecule has 2 fully saturated rings. The molecule has 0 radical (unpaired) electrons. The molecule has 2 saturated carbocycles. The van der Waals surface area contributed by atoms with E-state index in [-0.39, 0.29) is 18.0 Å². The van der Waals surface area contributed by atoms with Gasteiger partial charge in [-0.2, -0.15) is 9.65 Å². The zero-order chi connectivity index (χ0) is 22.1. The second-order valence-electron chi connectivity index (χ2n) is 9.03. The fourth-order valence-corrected chi connectivity index (χ4v) is 4.90. The first kappa shape index (κ1) is 23.3. The minimum Gasteiger partial charge on any atom is -0.462 e. The van der Waals surface area contributed by atoms with E-state index in [9.17, 15) is 9.18 Å². The fraction of sp³-hybridized carbons (Fsp3) is 0.556. The van der Waals surface area contributed by atoms with Crippen molar-refractivity contribution in [3.63, 3.8) is 0 Å². The first-order valence-electron chi connectivity index (χ1n) is 11.8. The van der Waals surface area contributed by atoms with E-state index in [1.54, 1.807) is 6.08 Å². The van der Waals surface area contributed by atoms with Crippen LogP contribution in [0, 0.1) is 23.2 Å². The molecule has 1 aromatic carbocycles. The maximum absolute atomic E-state index is 12.8. The Morgan fingerprint density at radius 2 is 1.77 bits per heavy atom. The standard InChI is InChI=1S/C27H34FNO2/c1-2-4-20-7-11-22(12-8-20)23-13-15-24(16-14-23)27(30)31-26-17-9-21(10-18-26)5-3-6-25(28)19-29/h3,5-8,11-12,21,23-24,26H,2,4,9-10,13-18H2,1H3. The first-order chi connectivity index (χ1) is 15.1. The van der Waals surface area contributed by atoms with Gasteiger partial charge in [-0.1, -0.05) is 49.8 Å². The number of carbonyl (C=O) groups is 1. The van der Waals surface area contributed by atoms with E-state index in [0.717, 1.165) is 57.8 Å². The number of aryl methyl sites for hydroxylation is 1. The Morgan fingerprint density at radius 3 is 2.39 bits per heavy atom. The van der Waals surface area contributed by atoms with Gasteiger partial charge < -0.3 is 4.74 Å². The molecule has 2 aliphatic rings. The third kappa shape index (κ3) is 7.06. The molecule has 0 spiro atoms. The molecular formula is C27H34FNO2. The van der Waals surface area contributed by atoms with Gasteiger partial charge in [-0.25, -0.2) is 0 Å². The Morgan fingerprint density at radius 1 is 1.10 bits per heavy atom. The van der Waals surface area contributed by atoms with Gasteiger partial charge in [-0.05, 0) is 86.8 Å². The molecule has 1 aromatic rings. The second-order valence-corrected chi connectivity index (χ2v) is 9.03. The Bertz CT molecular complexity index is 805. The Hall–Kier alpha value is -2.41. The van der Waals surface area contributed by atoms with Crippen molar-refractivity contribution in [3.05, 3.63) is 59.4 Å². The smallest absolute Gasteiger partial charge is 0.309 e. The number of carbonyl (C=O) groups excluding carboxylic acids is 1. The molecule has 0 atom stereocenters. The molecule has 3 nitrogen and oxygen atoms in total. The summed E-state index contributed by atoms with van der Waals surface area (Å²) >= 11 is 0.